The molecule has 2 aromatic rings. The van der Waals surface area contributed by atoms with Crippen molar-refractivity contribution in [2.45, 2.75) is 25.2 Å². The molecule has 0 saturated carbocycles. The van der Waals surface area contributed by atoms with Gasteiger partial charge in [0, 0.05) is 31.1 Å². The minimum absolute atomic E-state index is 0.110. The fourth-order valence-corrected chi connectivity index (χ4v) is 3.67. The number of halogens is 1. The smallest absolute Gasteiger partial charge is 0.145 e. The van der Waals surface area contributed by atoms with Crippen molar-refractivity contribution >= 4 is 17.3 Å². The van der Waals surface area contributed by atoms with Crippen LogP contribution in [-0.4, -0.2) is 61.3 Å². The van der Waals surface area contributed by atoms with Gasteiger partial charge in [-0.05, 0) is 41.5 Å². The highest BCUT2D eigenvalue weighted by atomic mass is 35.5. The van der Waals surface area contributed by atoms with Gasteiger partial charge >= 0.3 is 0 Å². The van der Waals surface area contributed by atoms with Crippen LogP contribution in [0.1, 0.15) is 17.5 Å². The number of ether oxygens (including phenoxy) is 2. The van der Waals surface area contributed by atoms with E-state index in [4.69, 9.17) is 25.9 Å². The average molecular weight is 445 g/mol. The summed E-state index contributed by atoms with van der Waals surface area (Å²) in [5, 5.41) is 15.4. The molecule has 0 aliphatic carbocycles. The number of aliphatic hydroxyl groups excluding tert-OH is 1. The van der Waals surface area contributed by atoms with Gasteiger partial charge in [-0.1, -0.05) is 41.0 Å². The number of nitrogens with zero attached hydrogens (tertiary/aromatic N) is 2. The van der Waals surface area contributed by atoms with Crippen LogP contribution < -0.4 is 4.74 Å². The van der Waals surface area contributed by atoms with Crippen molar-refractivity contribution in [2.24, 2.45) is 5.16 Å². The molecule has 3 rings (SSSR count). The second-order valence-corrected chi connectivity index (χ2v) is 7.87. The van der Waals surface area contributed by atoms with Crippen LogP contribution in [0.2, 0.25) is 5.02 Å². The minimum atomic E-state index is -0.634. The van der Waals surface area contributed by atoms with Crippen LogP contribution in [-0.2, 0) is 16.1 Å². The molecule has 31 heavy (non-hydrogen) atoms. The molecular formula is C24H29ClN2O4. The Hall–Kier alpha value is -2.38. The molecule has 6 nitrogen and oxygen atoms in total. The first-order valence-corrected chi connectivity index (χ1v) is 10.7. The zero-order valence-corrected chi connectivity index (χ0v) is 18.5. The van der Waals surface area contributed by atoms with Crippen molar-refractivity contribution < 1.29 is 19.4 Å². The van der Waals surface area contributed by atoms with E-state index >= 15 is 0 Å². The lowest BCUT2D eigenvalue weighted by atomic mass is 10.0. The summed E-state index contributed by atoms with van der Waals surface area (Å²) in [6.07, 6.45) is 1.61. The van der Waals surface area contributed by atoms with E-state index in [0.29, 0.717) is 37.7 Å². The molecule has 0 amide bonds. The highest BCUT2D eigenvalue weighted by Gasteiger charge is 2.26. The monoisotopic (exact) mass is 444 g/mol. The fourth-order valence-electron chi connectivity index (χ4n) is 3.48. The molecule has 166 valence electrons. The van der Waals surface area contributed by atoms with E-state index in [1.165, 1.54) is 0 Å². The van der Waals surface area contributed by atoms with E-state index < -0.39 is 6.10 Å². The summed E-state index contributed by atoms with van der Waals surface area (Å²) < 4.78 is 10.6. The Labute approximate surface area is 188 Å². The zero-order chi connectivity index (χ0) is 22.1. The van der Waals surface area contributed by atoms with Gasteiger partial charge in [0.15, 0.2) is 0 Å². The van der Waals surface area contributed by atoms with Crippen LogP contribution in [0.15, 0.2) is 66.3 Å². The van der Waals surface area contributed by atoms with Crippen LogP contribution >= 0.6 is 11.6 Å². The van der Waals surface area contributed by atoms with Crippen molar-refractivity contribution in [3.05, 3.63) is 77.3 Å². The molecule has 0 bridgehead atoms. The molecule has 1 N–H and O–H groups in total. The second kappa shape index (κ2) is 11.9. The summed E-state index contributed by atoms with van der Waals surface area (Å²) in [5.74, 6) is 0.804. The van der Waals surface area contributed by atoms with Crippen molar-refractivity contribution in [1.82, 2.24) is 4.90 Å². The SMILES string of the molecule is C=CCOC[C@H](O)CN(Cc1ccccc1Cl)C[C@@H]1CC(c2ccc(OC)cc2)=NO1. The molecule has 2 atom stereocenters. The van der Waals surface area contributed by atoms with Crippen LogP contribution in [0.5, 0.6) is 5.75 Å². The largest absolute Gasteiger partial charge is 0.497 e. The van der Waals surface area contributed by atoms with E-state index in [9.17, 15) is 5.11 Å². The first-order chi connectivity index (χ1) is 15.1. The summed E-state index contributed by atoms with van der Waals surface area (Å²) in [6.45, 7) is 5.90. The highest BCUT2D eigenvalue weighted by molar-refractivity contribution is 6.31. The predicted molar refractivity (Wildman–Crippen MR) is 123 cm³/mol. The molecule has 1 heterocycles. The summed E-state index contributed by atoms with van der Waals surface area (Å²) in [5.41, 5.74) is 2.91. The Kier molecular flexibility index (Phi) is 8.91. The molecule has 1 aliphatic heterocycles. The van der Waals surface area contributed by atoms with Gasteiger partial charge in [-0.2, -0.15) is 0 Å². The van der Waals surface area contributed by atoms with E-state index in [2.05, 4.69) is 16.6 Å². The average Bonchev–Trinajstić information content (AvgIpc) is 3.24. The van der Waals surface area contributed by atoms with Crippen LogP contribution in [0.3, 0.4) is 0 Å². The topological polar surface area (TPSA) is 63.5 Å². The standard InChI is InChI=1S/C24H29ClN2O4/c1-3-12-30-17-20(28)15-27(14-19-6-4-5-7-23(19)25)16-22-13-24(26-31-22)18-8-10-21(29-2)11-9-18/h3-11,20,22,28H,1,12-17H2,2H3/t20-,22+/m1/s1. The van der Waals surface area contributed by atoms with Gasteiger partial charge < -0.3 is 19.4 Å². The van der Waals surface area contributed by atoms with Gasteiger partial charge in [0.2, 0.25) is 0 Å². The van der Waals surface area contributed by atoms with Gasteiger partial charge in [0.25, 0.3) is 0 Å². The van der Waals surface area contributed by atoms with Gasteiger partial charge in [0.05, 0.1) is 32.1 Å². The molecule has 0 fully saturated rings. The van der Waals surface area contributed by atoms with Gasteiger partial charge in [0.1, 0.15) is 11.9 Å². The third-order valence-corrected chi connectivity index (χ3v) is 5.35. The third kappa shape index (κ3) is 7.08. The Balaban J connectivity index is 1.62. The number of rotatable bonds is 12. The van der Waals surface area contributed by atoms with E-state index in [1.807, 2.05) is 48.5 Å². The zero-order valence-electron chi connectivity index (χ0n) is 17.7. The molecule has 1 aliphatic rings. The Morgan fingerprint density at radius 1 is 1.29 bits per heavy atom. The Morgan fingerprint density at radius 3 is 2.77 bits per heavy atom. The molecule has 2 aromatic carbocycles. The number of aliphatic hydroxyl groups is 1. The maximum atomic E-state index is 10.4. The number of benzene rings is 2. The van der Waals surface area contributed by atoms with Crippen LogP contribution in [0, 0.1) is 0 Å². The number of methoxy groups -OCH3 is 1. The maximum Gasteiger partial charge on any atom is 0.145 e. The Morgan fingerprint density at radius 2 is 2.06 bits per heavy atom. The van der Waals surface area contributed by atoms with Crippen LogP contribution in [0.25, 0.3) is 0 Å². The summed E-state index contributed by atoms with van der Waals surface area (Å²) in [4.78, 5) is 7.84. The third-order valence-electron chi connectivity index (χ3n) is 4.98. The highest BCUT2D eigenvalue weighted by Crippen LogP contribution is 2.22. The quantitative estimate of drug-likeness (QED) is 0.397. The van der Waals surface area contributed by atoms with Gasteiger partial charge in [-0.15, -0.1) is 6.58 Å². The minimum Gasteiger partial charge on any atom is -0.497 e. The summed E-state index contributed by atoms with van der Waals surface area (Å²) in [7, 11) is 1.64. The van der Waals surface area contributed by atoms with Crippen molar-refractivity contribution in [2.75, 3.05) is 33.4 Å². The fraction of sp³-hybridized carbons (Fsp3) is 0.375. The molecular weight excluding hydrogens is 416 g/mol. The molecule has 7 heteroatoms. The summed E-state index contributed by atoms with van der Waals surface area (Å²) >= 11 is 6.36. The number of hydrogen-bond donors (Lipinski definition) is 1. The molecule has 0 aromatic heterocycles. The van der Waals surface area contributed by atoms with Crippen LogP contribution in [0.4, 0.5) is 0 Å². The van der Waals surface area contributed by atoms with Crippen molar-refractivity contribution in [3.63, 3.8) is 0 Å². The van der Waals surface area contributed by atoms with Gasteiger partial charge in [-0.25, -0.2) is 0 Å². The number of hydrogen-bond acceptors (Lipinski definition) is 6. The maximum absolute atomic E-state index is 10.4. The van der Waals surface area contributed by atoms with Crippen molar-refractivity contribution in [3.8, 4) is 5.75 Å². The molecule has 0 spiro atoms. The van der Waals surface area contributed by atoms with E-state index in [1.54, 1.807) is 13.2 Å². The van der Waals surface area contributed by atoms with E-state index in [0.717, 1.165) is 22.6 Å². The molecule has 0 radical (unpaired) electrons. The summed E-state index contributed by atoms with van der Waals surface area (Å²) in [6, 6.07) is 15.5. The molecule has 0 unspecified atom stereocenters. The first-order valence-electron chi connectivity index (χ1n) is 10.3. The molecule has 0 saturated heterocycles. The normalized spacial score (nSPS) is 16.6. The first kappa shape index (κ1) is 23.3. The van der Waals surface area contributed by atoms with Crippen molar-refractivity contribution in [1.29, 1.82) is 0 Å². The lowest BCUT2D eigenvalue weighted by Gasteiger charge is -2.27. The lowest BCUT2D eigenvalue weighted by Crippen LogP contribution is -2.39. The van der Waals surface area contributed by atoms with Gasteiger partial charge in [-0.3, -0.25) is 4.90 Å². The number of oxime groups is 1. The predicted octanol–water partition coefficient (Wildman–Crippen LogP) is 3.91. The lowest BCUT2D eigenvalue weighted by molar-refractivity contribution is 0.00337. The second-order valence-electron chi connectivity index (χ2n) is 7.46. The van der Waals surface area contributed by atoms with E-state index in [-0.39, 0.29) is 12.7 Å². The Bertz CT molecular complexity index is 872.